The van der Waals surface area contributed by atoms with Gasteiger partial charge in [0.05, 0.1) is 11.3 Å². The summed E-state index contributed by atoms with van der Waals surface area (Å²) in [6.45, 7) is 2.24. The van der Waals surface area contributed by atoms with Crippen LogP contribution in [0.3, 0.4) is 0 Å². The van der Waals surface area contributed by atoms with Crippen LogP contribution in [0.4, 0.5) is 5.69 Å². The topological polar surface area (TPSA) is 122 Å². The fourth-order valence-electron chi connectivity index (χ4n) is 2.92. The highest BCUT2D eigenvalue weighted by molar-refractivity contribution is 7.89. The summed E-state index contributed by atoms with van der Waals surface area (Å²) in [6.07, 6.45) is 3.91. The van der Waals surface area contributed by atoms with E-state index in [1.807, 2.05) is 0 Å². The van der Waals surface area contributed by atoms with Crippen molar-refractivity contribution in [1.82, 2.24) is 9.62 Å². The Kier molecular flexibility index (Phi) is 8.59. The Hall–Kier alpha value is -2.46. The molecule has 9 nitrogen and oxygen atoms in total. The van der Waals surface area contributed by atoms with Crippen LogP contribution in [0.2, 0.25) is 0 Å². The number of anilines is 1. The Morgan fingerprint density at radius 2 is 1.66 bits per heavy atom. The summed E-state index contributed by atoms with van der Waals surface area (Å²) < 4.78 is 31.8. The summed E-state index contributed by atoms with van der Waals surface area (Å²) in [5, 5.41) is 2.55. The minimum atomic E-state index is -3.80. The molecule has 1 aliphatic rings. The zero-order valence-corrected chi connectivity index (χ0v) is 17.3. The lowest BCUT2D eigenvalue weighted by atomic mass is 10.2. The molecule has 0 aromatic heterocycles. The molecule has 0 spiro atoms. The maximum atomic E-state index is 12.2. The molecule has 0 aliphatic carbocycles. The molecule has 1 saturated heterocycles. The van der Waals surface area contributed by atoms with Crippen molar-refractivity contribution in [3.8, 4) is 0 Å². The minimum Gasteiger partial charge on any atom is -0.456 e. The molecule has 1 fully saturated rings. The number of carbonyl (C=O) groups is 3. The van der Waals surface area contributed by atoms with E-state index in [0.29, 0.717) is 18.8 Å². The average molecular weight is 426 g/mol. The second-order valence-corrected chi connectivity index (χ2v) is 8.58. The van der Waals surface area contributed by atoms with Gasteiger partial charge in [-0.15, -0.1) is 0 Å². The second kappa shape index (κ2) is 10.9. The Morgan fingerprint density at radius 3 is 2.24 bits per heavy atom. The van der Waals surface area contributed by atoms with E-state index in [4.69, 9.17) is 4.74 Å². The number of esters is 1. The van der Waals surface area contributed by atoms with Gasteiger partial charge in [-0.3, -0.25) is 14.4 Å². The van der Waals surface area contributed by atoms with Gasteiger partial charge < -0.3 is 15.0 Å². The number of carbonyl (C=O) groups excluding carboxylic acids is 3. The van der Waals surface area contributed by atoms with Gasteiger partial charge in [-0.2, -0.15) is 0 Å². The van der Waals surface area contributed by atoms with Crippen molar-refractivity contribution in [2.24, 2.45) is 0 Å². The third-order valence-corrected chi connectivity index (χ3v) is 5.90. The number of likely N-dealkylation sites (tertiary alicyclic amines) is 1. The smallest absolute Gasteiger partial charge is 0.307 e. The maximum absolute atomic E-state index is 12.2. The molecule has 1 aliphatic heterocycles. The highest BCUT2D eigenvalue weighted by Crippen LogP contribution is 2.14. The fraction of sp³-hybridized carbons (Fsp3) is 0.526. The molecule has 0 radical (unpaired) electrons. The number of rotatable bonds is 8. The molecule has 0 unspecified atom stereocenters. The van der Waals surface area contributed by atoms with E-state index in [1.54, 1.807) is 4.90 Å². The van der Waals surface area contributed by atoms with Crippen molar-refractivity contribution in [2.45, 2.75) is 43.9 Å². The summed E-state index contributed by atoms with van der Waals surface area (Å²) in [7, 11) is -3.80. The van der Waals surface area contributed by atoms with Crippen LogP contribution in [-0.4, -0.2) is 57.3 Å². The molecule has 1 aromatic carbocycles. The molecule has 1 aromatic rings. The van der Waals surface area contributed by atoms with E-state index < -0.39 is 16.0 Å². The molecule has 2 amide bonds. The van der Waals surface area contributed by atoms with Crippen LogP contribution >= 0.6 is 0 Å². The van der Waals surface area contributed by atoms with Gasteiger partial charge in [0.1, 0.15) is 0 Å². The van der Waals surface area contributed by atoms with E-state index in [0.717, 1.165) is 25.7 Å². The lowest BCUT2D eigenvalue weighted by Crippen LogP contribution is -2.35. The van der Waals surface area contributed by atoms with Gasteiger partial charge in [-0.05, 0) is 37.1 Å². The van der Waals surface area contributed by atoms with Crippen LogP contribution in [0.15, 0.2) is 29.2 Å². The first kappa shape index (κ1) is 22.8. The largest absolute Gasteiger partial charge is 0.456 e. The van der Waals surface area contributed by atoms with Gasteiger partial charge in [0.2, 0.25) is 15.9 Å². The molecule has 160 valence electrons. The number of nitrogens with one attached hydrogen (secondary N) is 2. The number of hydrogen-bond donors (Lipinski definition) is 2. The standard InChI is InChI=1S/C19H27N3O6S/c1-15(23)21-16-6-8-17(9-7-16)29(26,27)20-11-10-19(25)28-14-18(24)22-12-4-2-3-5-13-22/h6-9,20H,2-5,10-14H2,1H3,(H,21,23). The van der Waals surface area contributed by atoms with Crippen molar-refractivity contribution >= 4 is 33.5 Å². The lowest BCUT2D eigenvalue weighted by Gasteiger charge is -2.19. The first-order chi connectivity index (χ1) is 13.8. The molecule has 2 rings (SSSR count). The molecular weight excluding hydrogens is 398 g/mol. The Balaban J connectivity index is 1.74. The van der Waals surface area contributed by atoms with Gasteiger partial charge in [-0.25, -0.2) is 13.1 Å². The summed E-state index contributed by atoms with van der Waals surface area (Å²) in [5.74, 6) is -1.12. The number of nitrogens with zero attached hydrogens (tertiary/aromatic N) is 1. The van der Waals surface area contributed by atoms with Gasteiger partial charge in [0.25, 0.3) is 5.91 Å². The number of hydrogen-bond acceptors (Lipinski definition) is 6. The normalized spacial score (nSPS) is 14.7. The molecule has 10 heteroatoms. The Morgan fingerprint density at radius 1 is 1.03 bits per heavy atom. The van der Waals surface area contributed by atoms with Gasteiger partial charge in [0.15, 0.2) is 6.61 Å². The van der Waals surface area contributed by atoms with Crippen LogP contribution < -0.4 is 10.0 Å². The quantitative estimate of drug-likeness (QED) is 0.605. The first-order valence-corrected chi connectivity index (χ1v) is 11.1. The summed E-state index contributed by atoms with van der Waals surface area (Å²) in [5.41, 5.74) is 0.481. The highest BCUT2D eigenvalue weighted by Gasteiger charge is 2.18. The zero-order chi connectivity index (χ0) is 21.3. The highest BCUT2D eigenvalue weighted by atomic mass is 32.2. The monoisotopic (exact) mass is 425 g/mol. The fourth-order valence-corrected chi connectivity index (χ4v) is 3.95. The third-order valence-electron chi connectivity index (χ3n) is 4.42. The number of benzene rings is 1. The van der Waals surface area contributed by atoms with E-state index in [9.17, 15) is 22.8 Å². The summed E-state index contributed by atoms with van der Waals surface area (Å²) in [6, 6.07) is 5.65. The third kappa shape index (κ3) is 7.82. The molecule has 2 N–H and O–H groups in total. The van der Waals surface area contributed by atoms with Crippen LogP contribution in [0.5, 0.6) is 0 Å². The number of amides is 2. The van der Waals surface area contributed by atoms with Crippen LogP contribution in [-0.2, 0) is 29.1 Å². The lowest BCUT2D eigenvalue weighted by molar-refractivity contribution is -0.151. The molecule has 29 heavy (non-hydrogen) atoms. The van der Waals surface area contributed by atoms with Crippen LogP contribution in [0, 0.1) is 0 Å². The Bertz CT molecular complexity index is 815. The van der Waals surface area contributed by atoms with Crippen molar-refractivity contribution in [3.63, 3.8) is 0 Å². The summed E-state index contributed by atoms with van der Waals surface area (Å²) in [4.78, 5) is 36.6. The predicted octanol–water partition coefficient (Wildman–Crippen LogP) is 1.26. The number of sulfonamides is 1. The predicted molar refractivity (Wildman–Crippen MR) is 107 cm³/mol. The SMILES string of the molecule is CC(=O)Nc1ccc(S(=O)(=O)NCCC(=O)OCC(=O)N2CCCCCC2)cc1. The van der Waals surface area contributed by atoms with Crippen molar-refractivity contribution in [2.75, 3.05) is 31.6 Å². The minimum absolute atomic E-state index is 0.0105. The van der Waals surface area contributed by atoms with E-state index in [-0.39, 0.29) is 36.3 Å². The average Bonchev–Trinajstić information content (AvgIpc) is 2.95. The van der Waals surface area contributed by atoms with Gasteiger partial charge in [-0.1, -0.05) is 12.8 Å². The van der Waals surface area contributed by atoms with Crippen molar-refractivity contribution < 1.29 is 27.5 Å². The van der Waals surface area contributed by atoms with Crippen LogP contribution in [0.1, 0.15) is 39.0 Å². The van der Waals surface area contributed by atoms with Gasteiger partial charge >= 0.3 is 5.97 Å². The number of ether oxygens (including phenoxy) is 1. The van der Waals surface area contributed by atoms with E-state index >= 15 is 0 Å². The van der Waals surface area contributed by atoms with Crippen molar-refractivity contribution in [1.29, 1.82) is 0 Å². The molecule has 0 atom stereocenters. The van der Waals surface area contributed by atoms with Crippen molar-refractivity contribution in [3.05, 3.63) is 24.3 Å². The first-order valence-electron chi connectivity index (χ1n) is 9.58. The molecule has 0 saturated carbocycles. The van der Waals surface area contributed by atoms with E-state index in [2.05, 4.69) is 10.0 Å². The maximum Gasteiger partial charge on any atom is 0.307 e. The molecular formula is C19H27N3O6S. The van der Waals surface area contributed by atoms with E-state index in [1.165, 1.54) is 31.2 Å². The zero-order valence-electron chi connectivity index (χ0n) is 16.5. The van der Waals surface area contributed by atoms with Gasteiger partial charge in [0, 0.05) is 32.2 Å². The van der Waals surface area contributed by atoms with Crippen LogP contribution in [0.25, 0.3) is 0 Å². The second-order valence-electron chi connectivity index (χ2n) is 6.81. The summed E-state index contributed by atoms with van der Waals surface area (Å²) >= 11 is 0. The molecule has 1 heterocycles. The Labute approximate surface area is 170 Å². The molecule has 0 bridgehead atoms.